The summed E-state index contributed by atoms with van der Waals surface area (Å²) in [5.74, 6) is -0.209. The third-order valence-electron chi connectivity index (χ3n) is 3.20. The van der Waals surface area contributed by atoms with Crippen molar-refractivity contribution in [2.75, 3.05) is 19.1 Å². The summed E-state index contributed by atoms with van der Waals surface area (Å²) in [6.07, 6.45) is 0. The molecule has 21 heavy (non-hydrogen) atoms. The molecule has 0 saturated heterocycles. The van der Waals surface area contributed by atoms with Crippen molar-refractivity contribution in [1.82, 2.24) is 0 Å². The molecule has 0 aliphatic rings. The maximum absolute atomic E-state index is 10.9. The fraction of sp³-hybridized carbons (Fsp3) is 0.188. The molecule has 0 aliphatic carbocycles. The number of carbonyl (C=O) groups is 1. The number of halogens is 1. The van der Waals surface area contributed by atoms with E-state index in [1.54, 1.807) is 19.2 Å². The van der Waals surface area contributed by atoms with Crippen molar-refractivity contribution in [3.63, 3.8) is 0 Å². The molecule has 2 aromatic rings. The zero-order valence-corrected chi connectivity index (χ0v) is 12.6. The highest BCUT2D eigenvalue weighted by Crippen LogP contribution is 2.24. The van der Waals surface area contributed by atoms with E-state index in [4.69, 9.17) is 21.4 Å². The van der Waals surface area contributed by atoms with Gasteiger partial charge in [-0.25, -0.2) is 4.79 Å². The first-order valence-corrected chi connectivity index (χ1v) is 6.76. The lowest BCUT2D eigenvalue weighted by molar-refractivity contribution is 0.0697. The summed E-state index contributed by atoms with van der Waals surface area (Å²) >= 11 is 5.99. The van der Waals surface area contributed by atoms with Crippen LogP contribution in [0.2, 0.25) is 5.02 Å². The molecule has 0 atom stereocenters. The number of carboxylic acids is 1. The Morgan fingerprint density at radius 2 is 1.90 bits per heavy atom. The van der Waals surface area contributed by atoms with Gasteiger partial charge in [-0.2, -0.15) is 0 Å². The van der Waals surface area contributed by atoms with Gasteiger partial charge in [-0.1, -0.05) is 23.7 Å². The maximum atomic E-state index is 10.9. The molecular formula is C16H16ClNO3. The maximum Gasteiger partial charge on any atom is 0.337 e. The molecule has 5 heteroatoms. The Balaban J connectivity index is 2.14. The number of anilines is 1. The van der Waals surface area contributed by atoms with Gasteiger partial charge >= 0.3 is 5.97 Å². The molecule has 0 bridgehead atoms. The lowest BCUT2D eigenvalue weighted by Crippen LogP contribution is -2.16. The minimum Gasteiger partial charge on any atom is -0.497 e. The van der Waals surface area contributed by atoms with E-state index in [1.807, 2.05) is 36.2 Å². The molecule has 4 nitrogen and oxygen atoms in total. The topological polar surface area (TPSA) is 49.8 Å². The van der Waals surface area contributed by atoms with Crippen LogP contribution in [-0.2, 0) is 6.54 Å². The number of nitrogens with zero attached hydrogens (tertiary/aromatic N) is 1. The molecule has 0 saturated carbocycles. The van der Waals surface area contributed by atoms with E-state index >= 15 is 0 Å². The fourth-order valence-electron chi connectivity index (χ4n) is 2.01. The lowest BCUT2D eigenvalue weighted by atomic mass is 10.1. The molecule has 0 amide bonds. The van der Waals surface area contributed by atoms with E-state index < -0.39 is 5.97 Å². The van der Waals surface area contributed by atoms with Gasteiger partial charge in [0.05, 0.1) is 17.7 Å². The average Bonchev–Trinajstić information content (AvgIpc) is 2.47. The van der Waals surface area contributed by atoms with Gasteiger partial charge in [0.1, 0.15) is 5.75 Å². The number of aromatic carboxylic acids is 1. The molecule has 2 aromatic carbocycles. The second-order valence-electron chi connectivity index (χ2n) is 4.67. The van der Waals surface area contributed by atoms with Crippen molar-refractivity contribution in [3.05, 3.63) is 58.6 Å². The molecule has 0 aromatic heterocycles. The summed E-state index contributed by atoms with van der Waals surface area (Å²) in [7, 11) is 3.56. The standard InChI is InChI=1S/C16H16ClNO3/c1-18(10-11-3-6-13(21-2)7-4-11)12-5-8-14(16(19)20)15(17)9-12/h3-9H,10H2,1-2H3,(H,19,20). The van der Waals surface area contributed by atoms with Crippen LogP contribution < -0.4 is 9.64 Å². The monoisotopic (exact) mass is 305 g/mol. The molecule has 0 fully saturated rings. The summed E-state index contributed by atoms with van der Waals surface area (Å²) < 4.78 is 5.12. The normalized spacial score (nSPS) is 10.2. The number of methoxy groups -OCH3 is 1. The summed E-state index contributed by atoms with van der Waals surface area (Å²) in [6, 6.07) is 12.7. The van der Waals surface area contributed by atoms with E-state index in [0.29, 0.717) is 6.54 Å². The first-order chi connectivity index (χ1) is 10.0. The van der Waals surface area contributed by atoms with Crippen LogP contribution in [0.25, 0.3) is 0 Å². The minimum absolute atomic E-state index is 0.110. The molecule has 110 valence electrons. The SMILES string of the molecule is COc1ccc(CN(C)c2ccc(C(=O)O)c(Cl)c2)cc1. The second-order valence-corrected chi connectivity index (χ2v) is 5.08. The summed E-state index contributed by atoms with van der Waals surface area (Å²) in [4.78, 5) is 12.9. The van der Waals surface area contributed by atoms with Crippen molar-refractivity contribution in [1.29, 1.82) is 0 Å². The third kappa shape index (κ3) is 3.67. The quantitative estimate of drug-likeness (QED) is 0.915. The average molecular weight is 306 g/mol. The van der Waals surface area contributed by atoms with Gasteiger partial charge in [0.15, 0.2) is 0 Å². The van der Waals surface area contributed by atoms with Crippen LogP contribution in [0.15, 0.2) is 42.5 Å². The van der Waals surface area contributed by atoms with Gasteiger partial charge in [-0.05, 0) is 35.9 Å². The molecular weight excluding hydrogens is 290 g/mol. The number of hydrogen-bond acceptors (Lipinski definition) is 3. The van der Waals surface area contributed by atoms with Crippen LogP contribution in [0.4, 0.5) is 5.69 Å². The molecule has 0 heterocycles. The van der Waals surface area contributed by atoms with Gasteiger partial charge < -0.3 is 14.7 Å². The highest BCUT2D eigenvalue weighted by molar-refractivity contribution is 6.33. The third-order valence-corrected chi connectivity index (χ3v) is 3.52. The minimum atomic E-state index is -1.02. The van der Waals surface area contributed by atoms with Crippen molar-refractivity contribution >= 4 is 23.3 Å². The molecule has 1 N–H and O–H groups in total. The summed E-state index contributed by atoms with van der Waals surface area (Å²) in [6.45, 7) is 0.687. The van der Waals surface area contributed by atoms with E-state index in [0.717, 1.165) is 17.0 Å². The Kier molecular flexibility index (Phi) is 4.70. The van der Waals surface area contributed by atoms with Crippen molar-refractivity contribution in [2.45, 2.75) is 6.54 Å². The Hall–Kier alpha value is -2.20. The Bertz CT molecular complexity index is 640. The molecule has 0 aliphatic heterocycles. The van der Waals surface area contributed by atoms with Gasteiger partial charge in [0.2, 0.25) is 0 Å². The van der Waals surface area contributed by atoms with Gasteiger partial charge in [-0.15, -0.1) is 0 Å². The Morgan fingerprint density at radius 3 is 2.43 bits per heavy atom. The predicted molar refractivity (Wildman–Crippen MR) is 83.5 cm³/mol. The molecule has 0 radical (unpaired) electrons. The molecule has 2 rings (SSSR count). The van der Waals surface area contributed by atoms with E-state index in [1.165, 1.54) is 6.07 Å². The number of hydrogen-bond donors (Lipinski definition) is 1. The number of ether oxygens (including phenoxy) is 1. The highest BCUT2D eigenvalue weighted by Gasteiger charge is 2.11. The zero-order chi connectivity index (χ0) is 15.4. The van der Waals surface area contributed by atoms with Crippen LogP contribution >= 0.6 is 11.6 Å². The molecule has 0 spiro atoms. The van der Waals surface area contributed by atoms with E-state index in [2.05, 4.69) is 0 Å². The van der Waals surface area contributed by atoms with Crippen LogP contribution in [0.5, 0.6) is 5.75 Å². The highest BCUT2D eigenvalue weighted by atomic mass is 35.5. The van der Waals surface area contributed by atoms with Gasteiger partial charge in [0, 0.05) is 19.3 Å². The fourth-order valence-corrected chi connectivity index (χ4v) is 2.27. The predicted octanol–water partition coefficient (Wildman–Crippen LogP) is 3.68. The largest absolute Gasteiger partial charge is 0.497 e. The lowest BCUT2D eigenvalue weighted by Gasteiger charge is -2.20. The van der Waals surface area contributed by atoms with Crippen LogP contribution in [0.3, 0.4) is 0 Å². The first kappa shape index (κ1) is 15.2. The van der Waals surface area contributed by atoms with Crippen molar-refractivity contribution in [2.24, 2.45) is 0 Å². The van der Waals surface area contributed by atoms with E-state index in [-0.39, 0.29) is 10.6 Å². The first-order valence-electron chi connectivity index (χ1n) is 6.38. The van der Waals surface area contributed by atoms with Crippen molar-refractivity contribution in [3.8, 4) is 5.75 Å². The Morgan fingerprint density at radius 1 is 1.24 bits per heavy atom. The second kappa shape index (κ2) is 6.50. The molecule has 0 unspecified atom stereocenters. The summed E-state index contributed by atoms with van der Waals surface area (Å²) in [5, 5.41) is 9.21. The zero-order valence-electron chi connectivity index (χ0n) is 11.8. The number of carboxylic acid groups (broad SMARTS) is 1. The van der Waals surface area contributed by atoms with Crippen molar-refractivity contribution < 1.29 is 14.6 Å². The Labute approximate surface area is 128 Å². The van der Waals surface area contributed by atoms with E-state index in [9.17, 15) is 4.79 Å². The van der Waals surface area contributed by atoms with Crippen LogP contribution in [-0.4, -0.2) is 25.2 Å². The smallest absolute Gasteiger partial charge is 0.337 e. The number of benzene rings is 2. The van der Waals surface area contributed by atoms with Crippen LogP contribution in [0.1, 0.15) is 15.9 Å². The summed E-state index contributed by atoms with van der Waals surface area (Å²) in [5.41, 5.74) is 2.09. The number of rotatable bonds is 5. The van der Waals surface area contributed by atoms with Gasteiger partial charge in [-0.3, -0.25) is 0 Å². The van der Waals surface area contributed by atoms with Crippen LogP contribution in [0, 0.1) is 0 Å². The van der Waals surface area contributed by atoms with Gasteiger partial charge in [0.25, 0.3) is 0 Å².